The Kier molecular flexibility index (Phi) is 3.27. The number of hydrogen-bond donors (Lipinski definition) is 1. The van der Waals surface area contributed by atoms with Crippen LogP contribution < -0.4 is 0 Å². The van der Waals surface area contributed by atoms with Crippen LogP contribution >= 0.6 is 24.2 Å². The van der Waals surface area contributed by atoms with Gasteiger partial charge in [0.15, 0.2) is 9.84 Å². The highest BCUT2D eigenvalue weighted by atomic mass is 35.5. The van der Waals surface area contributed by atoms with E-state index in [1.165, 1.54) is 12.1 Å². The smallest absolute Gasteiger partial charge is 0.178 e. The van der Waals surface area contributed by atoms with E-state index in [9.17, 15) is 8.42 Å². The molecule has 0 atom stereocenters. The van der Waals surface area contributed by atoms with Crippen LogP contribution in [-0.2, 0) is 9.84 Å². The zero-order valence-electron chi connectivity index (χ0n) is 6.99. The summed E-state index contributed by atoms with van der Waals surface area (Å²) < 4.78 is 22.8. The summed E-state index contributed by atoms with van der Waals surface area (Å²) in [5.74, 6) is 0.0786. The van der Waals surface area contributed by atoms with E-state index in [4.69, 9.17) is 11.6 Å². The highest BCUT2D eigenvalue weighted by Gasteiger charge is 2.12. The Morgan fingerprint density at radius 3 is 2.54 bits per heavy atom. The molecule has 0 unspecified atom stereocenters. The molecule has 0 aliphatic carbocycles. The van der Waals surface area contributed by atoms with E-state index in [1.54, 1.807) is 13.0 Å². The van der Waals surface area contributed by atoms with Gasteiger partial charge < -0.3 is 0 Å². The van der Waals surface area contributed by atoms with E-state index in [2.05, 4.69) is 12.6 Å². The molecule has 13 heavy (non-hydrogen) atoms. The largest absolute Gasteiger partial charge is 0.224 e. The SMILES string of the molecule is CCS(=O)(=O)c1ccc(S)c(Cl)c1. The number of benzene rings is 1. The maximum absolute atomic E-state index is 11.4. The molecule has 0 radical (unpaired) electrons. The molecule has 0 saturated heterocycles. The lowest BCUT2D eigenvalue weighted by Gasteiger charge is -2.02. The monoisotopic (exact) mass is 236 g/mol. The van der Waals surface area contributed by atoms with Crippen LogP contribution in [0, 0.1) is 0 Å². The van der Waals surface area contributed by atoms with Gasteiger partial charge >= 0.3 is 0 Å². The minimum Gasteiger partial charge on any atom is -0.224 e. The van der Waals surface area contributed by atoms with Crippen molar-refractivity contribution in [2.75, 3.05) is 5.75 Å². The molecule has 0 saturated carbocycles. The standard InChI is InChI=1S/C8H9ClO2S2/c1-2-13(10,11)6-3-4-8(12)7(9)5-6/h3-5,12H,2H2,1H3. The van der Waals surface area contributed by atoms with Crippen LogP contribution in [0.3, 0.4) is 0 Å². The van der Waals surface area contributed by atoms with Crippen LogP contribution in [0.5, 0.6) is 0 Å². The van der Waals surface area contributed by atoms with E-state index in [0.29, 0.717) is 9.92 Å². The summed E-state index contributed by atoms with van der Waals surface area (Å²) in [5, 5.41) is 0.359. The van der Waals surface area contributed by atoms with Crippen molar-refractivity contribution in [2.45, 2.75) is 16.7 Å². The van der Waals surface area contributed by atoms with Crippen LogP contribution in [0.25, 0.3) is 0 Å². The highest BCUT2D eigenvalue weighted by molar-refractivity contribution is 7.91. The normalized spacial score (nSPS) is 11.6. The molecule has 1 aromatic rings. The molecular formula is C8H9ClO2S2. The first-order chi connectivity index (χ1) is 5.97. The highest BCUT2D eigenvalue weighted by Crippen LogP contribution is 2.23. The molecule has 0 spiro atoms. The predicted molar refractivity (Wildman–Crippen MR) is 56.4 cm³/mol. The van der Waals surface area contributed by atoms with Gasteiger partial charge in [-0.3, -0.25) is 0 Å². The summed E-state index contributed by atoms with van der Waals surface area (Å²) in [6.07, 6.45) is 0. The lowest BCUT2D eigenvalue weighted by molar-refractivity contribution is 0.597. The van der Waals surface area contributed by atoms with Gasteiger partial charge in [-0.1, -0.05) is 18.5 Å². The molecule has 5 heteroatoms. The summed E-state index contributed by atoms with van der Waals surface area (Å²) >= 11 is 9.78. The van der Waals surface area contributed by atoms with Crippen molar-refractivity contribution in [1.29, 1.82) is 0 Å². The quantitative estimate of drug-likeness (QED) is 0.801. The number of rotatable bonds is 2. The van der Waals surface area contributed by atoms with Crippen LogP contribution in [0.4, 0.5) is 0 Å². The molecule has 0 fully saturated rings. The topological polar surface area (TPSA) is 34.1 Å². The molecule has 0 amide bonds. The molecule has 72 valence electrons. The van der Waals surface area contributed by atoms with Crippen molar-refractivity contribution in [3.63, 3.8) is 0 Å². The fourth-order valence-electron chi connectivity index (χ4n) is 0.848. The molecule has 1 aromatic carbocycles. The fraction of sp³-hybridized carbons (Fsp3) is 0.250. The summed E-state index contributed by atoms with van der Waals surface area (Å²) in [6, 6.07) is 4.50. The summed E-state index contributed by atoms with van der Waals surface area (Å²) in [6.45, 7) is 1.60. The van der Waals surface area contributed by atoms with Gasteiger partial charge in [0.05, 0.1) is 15.7 Å². The Labute approximate surface area is 88.2 Å². The van der Waals surface area contributed by atoms with Crippen LogP contribution in [0.1, 0.15) is 6.92 Å². The maximum Gasteiger partial charge on any atom is 0.178 e. The van der Waals surface area contributed by atoms with Gasteiger partial charge in [-0.25, -0.2) is 8.42 Å². The molecule has 0 aliphatic rings. The van der Waals surface area contributed by atoms with Gasteiger partial charge in [-0.2, -0.15) is 0 Å². The van der Waals surface area contributed by atoms with Crippen LogP contribution in [-0.4, -0.2) is 14.2 Å². The second kappa shape index (κ2) is 3.90. The third-order valence-corrected chi connectivity index (χ3v) is 4.22. The van der Waals surface area contributed by atoms with Gasteiger partial charge in [-0.05, 0) is 18.2 Å². The van der Waals surface area contributed by atoms with Crippen LogP contribution in [0.15, 0.2) is 28.0 Å². The van der Waals surface area contributed by atoms with Crippen molar-refractivity contribution in [2.24, 2.45) is 0 Å². The van der Waals surface area contributed by atoms with Gasteiger partial charge in [0.25, 0.3) is 0 Å². The number of halogens is 1. The van der Waals surface area contributed by atoms with Crippen LogP contribution in [0.2, 0.25) is 5.02 Å². The number of sulfone groups is 1. The maximum atomic E-state index is 11.4. The van der Waals surface area contributed by atoms with Crippen molar-refractivity contribution in [1.82, 2.24) is 0 Å². The minimum atomic E-state index is -3.16. The third kappa shape index (κ3) is 2.39. The average molecular weight is 237 g/mol. The third-order valence-electron chi connectivity index (χ3n) is 1.66. The van der Waals surface area contributed by atoms with E-state index in [1.807, 2.05) is 0 Å². The zero-order chi connectivity index (χ0) is 10.1. The Balaban J connectivity index is 3.27. The first kappa shape index (κ1) is 10.9. The molecule has 2 nitrogen and oxygen atoms in total. The first-order valence-corrected chi connectivity index (χ1v) is 6.16. The Morgan fingerprint density at radius 1 is 1.46 bits per heavy atom. The van der Waals surface area contributed by atoms with Gasteiger partial charge in [0, 0.05) is 4.90 Å². The second-order valence-electron chi connectivity index (χ2n) is 2.52. The summed E-state index contributed by atoms with van der Waals surface area (Å²) in [7, 11) is -3.16. The fourth-order valence-corrected chi connectivity index (χ4v) is 2.14. The zero-order valence-corrected chi connectivity index (χ0v) is 9.46. The Hall–Kier alpha value is -0.190. The van der Waals surface area contributed by atoms with Gasteiger partial charge in [0.1, 0.15) is 0 Å². The molecule has 0 bridgehead atoms. The lowest BCUT2D eigenvalue weighted by Crippen LogP contribution is -2.03. The van der Waals surface area contributed by atoms with Crippen molar-refractivity contribution >= 4 is 34.1 Å². The second-order valence-corrected chi connectivity index (χ2v) is 5.68. The Morgan fingerprint density at radius 2 is 2.08 bits per heavy atom. The molecular weight excluding hydrogens is 228 g/mol. The van der Waals surface area contributed by atoms with E-state index >= 15 is 0 Å². The van der Waals surface area contributed by atoms with Crippen molar-refractivity contribution < 1.29 is 8.42 Å². The van der Waals surface area contributed by atoms with Crippen molar-refractivity contribution in [3.8, 4) is 0 Å². The van der Waals surface area contributed by atoms with Gasteiger partial charge in [-0.15, -0.1) is 12.6 Å². The predicted octanol–water partition coefficient (Wildman–Crippen LogP) is 2.42. The van der Waals surface area contributed by atoms with E-state index < -0.39 is 9.84 Å². The first-order valence-electron chi connectivity index (χ1n) is 3.68. The summed E-state index contributed by atoms with van der Waals surface area (Å²) in [4.78, 5) is 0.828. The lowest BCUT2D eigenvalue weighted by atomic mass is 10.4. The molecule has 0 N–H and O–H groups in total. The molecule has 0 heterocycles. The number of thiol groups is 1. The number of hydrogen-bond acceptors (Lipinski definition) is 3. The van der Waals surface area contributed by atoms with Crippen molar-refractivity contribution in [3.05, 3.63) is 23.2 Å². The Bertz CT molecular complexity index is 412. The summed E-state index contributed by atoms with van der Waals surface area (Å²) in [5.41, 5.74) is 0. The minimum absolute atomic E-state index is 0.0786. The average Bonchev–Trinajstić information content (AvgIpc) is 2.09. The molecule has 0 aromatic heterocycles. The van der Waals surface area contributed by atoms with E-state index in [-0.39, 0.29) is 10.6 Å². The molecule has 1 rings (SSSR count). The molecule has 0 aliphatic heterocycles. The van der Waals surface area contributed by atoms with E-state index in [0.717, 1.165) is 0 Å². The van der Waals surface area contributed by atoms with Gasteiger partial charge in [0.2, 0.25) is 0 Å².